The molecule has 4 heteroatoms. The summed E-state index contributed by atoms with van der Waals surface area (Å²) in [5.41, 5.74) is 6.79. The van der Waals surface area contributed by atoms with E-state index in [2.05, 4.69) is 35.9 Å². The Labute approximate surface area is 97.9 Å². The Morgan fingerprint density at radius 2 is 2.00 bits per heavy atom. The summed E-state index contributed by atoms with van der Waals surface area (Å²) in [6, 6.07) is 4.00. The molecule has 16 heavy (non-hydrogen) atoms. The van der Waals surface area contributed by atoms with E-state index in [1.165, 1.54) is 0 Å². The lowest BCUT2D eigenvalue weighted by molar-refractivity contribution is 0.378. The topological polar surface area (TPSA) is 55.0 Å². The number of nitrogens with zero attached hydrogens (tertiary/aromatic N) is 3. The van der Waals surface area contributed by atoms with Gasteiger partial charge in [0.1, 0.15) is 0 Å². The van der Waals surface area contributed by atoms with Gasteiger partial charge in [0.25, 0.3) is 0 Å². The fourth-order valence-electron chi connectivity index (χ4n) is 1.50. The number of hydrogen-bond donors (Lipinski definition) is 1. The van der Waals surface area contributed by atoms with Crippen LogP contribution in [0.2, 0.25) is 0 Å². The van der Waals surface area contributed by atoms with Crippen molar-refractivity contribution in [2.45, 2.75) is 27.7 Å². The highest BCUT2D eigenvalue weighted by Gasteiger charge is 2.20. The fourth-order valence-corrected chi connectivity index (χ4v) is 1.50. The van der Waals surface area contributed by atoms with Crippen molar-refractivity contribution < 1.29 is 0 Å². The van der Waals surface area contributed by atoms with E-state index in [0.29, 0.717) is 6.54 Å². The third kappa shape index (κ3) is 3.45. The molecule has 0 atom stereocenters. The molecule has 0 aromatic carbocycles. The molecule has 4 nitrogen and oxygen atoms in total. The highest BCUT2D eigenvalue weighted by atomic mass is 15.3. The van der Waals surface area contributed by atoms with Gasteiger partial charge in [-0.3, -0.25) is 0 Å². The van der Waals surface area contributed by atoms with Crippen LogP contribution in [-0.2, 0) is 0 Å². The van der Waals surface area contributed by atoms with Crippen LogP contribution in [0.5, 0.6) is 0 Å². The first-order valence-electron chi connectivity index (χ1n) is 5.74. The van der Waals surface area contributed by atoms with Crippen molar-refractivity contribution >= 4 is 5.82 Å². The monoisotopic (exact) mass is 222 g/mol. The van der Waals surface area contributed by atoms with Gasteiger partial charge in [-0.05, 0) is 37.9 Å². The molecule has 1 heterocycles. The maximum absolute atomic E-state index is 5.75. The smallest absolute Gasteiger partial charge is 0.151 e. The second-order valence-corrected chi connectivity index (χ2v) is 4.92. The second-order valence-electron chi connectivity index (χ2n) is 4.92. The number of anilines is 1. The summed E-state index contributed by atoms with van der Waals surface area (Å²) in [6.45, 7) is 10.9. The SMILES string of the molecule is CCN(CC(C)(C)CN)c1ccc(C)nn1. The van der Waals surface area contributed by atoms with Gasteiger partial charge in [0.15, 0.2) is 5.82 Å². The number of rotatable bonds is 5. The number of nitrogens with two attached hydrogens (primary N) is 1. The van der Waals surface area contributed by atoms with Crippen LogP contribution >= 0.6 is 0 Å². The van der Waals surface area contributed by atoms with E-state index in [-0.39, 0.29) is 5.41 Å². The average molecular weight is 222 g/mol. The van der Waals surface area contributed by atoms with Gasteiger partial charge < -0.3 is 10.6 Å². The third-order valence-electron chi connectivity index (χ3n) is 2.66. The molecule has 0 fully saturated rings. The summed E-state index contributed by atoms with van der Waals surface area (Å²) in [5.74, 6) is 0.926. The molecule has 1 aromatic heterocycles. The quantitative estimate of drug-likeness (QED) is 0.822. The average Bonchev–Trinajstić information content (AvgIpc) is 2.27. The van der Waals surface area contributed by atoms with Gasteiger partial charge in [0.05, 0.1) is 5.69 Å². The van der Waals surface area contributed by atoms with E-state index in [9.17, 15) is 0 Å². The molecule has 2 N–H and O–H groups in total. The van der Waals surface area contributed by atoms with Crippen LogP contribution in [0, 0.1) is 12.3 Å². The van der Waals surface area contributed by atoms with Crippen molar-refractivity contribution in [1.82, 2.24) is 10.2 Å². The van der Waals surface area contributed by atoms with Crippen LogP contribution in [0.25, 0.3) is 0 Å². The summed E-state index contributed by atoms with van der Waals surface area (Å²) in [5, 5.41) is 8.28. The minimum absolute atomic E-state index is 0.0998. The molecule has 0 radical (unpaired) electrons. The van der Waals surface area contributed by atoms with Gasteiger partial charge in [0, 0.05) is 13.1 Å². The highest BCUT2D eigenvalue weighted by Crippen LogP contribution is 2.18. The standard InChI is InChI=1S/C12H22N4/c1-5-16(9-12(3,4)8-13)11-7-6-10(2)14-15-11/h6-7H,5,8-9,13H2,1-4H3. The lowest BCUT2D eigenvalue weighted by Gasteiger charge is -2.31. The van der Waals surface area contributed by atoms with Gasteiger partial charge >= 0.3 is 0 Å². The number of aromatic nitrogens is 2. The van der Waals surface area contributed by atoms with Gasteiger partial charge in [-0.2, -0.15) is 5.10 Å². The van der Waals surface area contributed by atoms with E-state index < -0.39 is 0 Å². The zero-order valence-electron chi connectivity index (χ0n) is 10.7. The van der Waals surface area contributed by atoms with Gasteiger partial charge in [-0.15, -0.1) is 5.10 Å². The van der Waals surface area contributed by atoms with Crippen molar-refractivity contribution in [1.29, 1.82) is 0 Å². The molecule has 0 unspecified atom stereocenters. The van der Waals surface area contributed by atoms with Crippen LogP contribution in [0.4, 0.5) is 5.82 Å². The van der Waals surface area contributed by atoms with Crippen LogP contribution in [0.3, 0.4) is 0 Å². The van der Waals surface area contributed by atoms with Crippen molar-refractivity contribution in [3.63, 3.8) is 0 Å². The molecule has 0 spiro atoms. The highest BCUT2D eigenvalue weighted by molar-refractivity contribution is 5.37. The maximum atomic E-state index is 5.75. The molecule has 0 saturated heterocycles. The van der Waals surface area contributed by atoms with Crippen molar-refractivity contribution in [2.24, 2.45) is 11.1 Å². The maximum Gasteiger partial charge on any atom is 0.151 e. The molecule has 1 rings (SSSR count). The van der Waals surface area contributed by atoms with Gasteiger partial charge in [-0.1, -0.05) is 13.8 Å². The zero-order valence-corrected chi connectivity index (χ0v) is 10.7. The lowest BCUT2D eigenvalue weighted by atomic mass is 9.93. The summed E-state index contributed by atoms with van der Waals surface area (Å²) in [6.07, 6.45) is 0. The first-order valence-corrected chi connectivity index (χ1v) is 5.74. The number of aryl methyl sites for hydroxylation is 1. The third-order valence-corrected chi connectivity index (χ3v) is 2.66. The minimum Gasteiger partial charge on any atom is -0.355 e. The molecule has 0 amide bonds. The van der Waals surface area contributed by atoms with Crippen molar-refractivity contribution in [2.75, 3.05) is 24.5 Å². The van der Waals surface area contributed by atoms with E-state index in [0.717, 1.165) is 24.6 Å². The Hall–Kier alpha value is -1.16. The number of hydrogen-bond acceptors (Lipinski definition) is 4. The first kappa shape index (κ1) is 12.9. The molecule has 0 aliphatic carbocycles. The molecule has 0 aliphatic rings. The van der Waals surface area contributed by atoms with Crippen LogP contribution in [0.15, 0.2) is 12.1 Å². The summed E-state index contributed by atoms with van der Waals surface area (Å²) in [7, 11) is 0. The normalized spacial score (nSPS) is 11.6. The largest absolute Gasteiger partial charge is 0.355 e. The Kier molecular flexibility index (Phi) is 4.24. The minimum atomic E-state index is 0.0998. The zero-order chi connectivity index (χ0) is 12.2. The lowest BCUT2D eigenvalue weighted by Crippen LogP contribution is -2.39. The Bertz CT molecular complexity index is 318. The predicted octanol–water partition coefficient (Wildman–Crippen LogP) is 1.60. The fraction of sp³-hybridized carbons (Fsp3) is 0.667. The van der Waals surface area contributed by atoms with Crippen LogP contribution < -0.4 is 10.6 Å². The molecular weight excluding hydrogens is 200 g/mol. The Morgan fingerprint density at radius 1 is 1.31 bits per heavy atom. The van der Waals surface area contributed by atoms with Crippen LogP contribution in [0.1, 0.15) is 26.5 Å². The molecule has 90 valence electrons. The second kappa shape index (κ2) is 5.25. The predicted molar refractivity (Wildman–Crippen MR) is 67.5 cm³/mol. The summed E-state index contributed by atoms with van der Waals surface area (Å²) < 4.78 is 0. The van der Waals surface area contributed by atoms with Gasteiger partial charge in [-0.25, -0.2) is 0 Å². The molecule has 0 aliphatic heterocycles. The molecule has 0 saturated carbocycles. The van der Waals surface area contributed by atoms with E-state index in [1.54, 1.807) is 0 Å². The van der Waals surface area contributed by atoms with Gasteiger partial charge in [0.2, 0.25) is 0 Å². The van der Waals surface area contributed by atoms with E-state index in [4.69, 9.17) is 5.73 Å². The van der Waals surface area contributed by atoms with Crippen molar-refractivity contribution in [3.8, 4) is 0 Å². The summed E-state index contributed by atoms with van der Waals surface area (Å²) in [4.78, 5) is 2.21. The van der Waals surface area contributed by atoms with E-state index >= 15 is 0 Å². The van der Waals surface area contributed by atoms with E-state index in [1.807, 2.05) is 19.1 Å². The Balaban J connectivity index is 2.78. The summed E-state index contributed by atoms with van der Waals surface area (Å²) >= 11 is 0. The molecule has 1 aromatic rings. The van der Waals surface area contributed by atoms with Crippen LogP contribution in [-0.4, -0.2) is 29.8 Å². The molecular formula is C12H22N4. The Morgan fingerprint density at radius 3 is 2.44 bits per heavy atom. The molecule has 0 bridgehead atoms. The van der Waals surface area contributed by atoms with Crippen molar-refractivity contribution in [3.05, 3.63) is 17.8 Å². The first-order chi connectivity index (χ1) is 7.48.